The Kier molecular flexibility index (Phi) is 5.41. The second-order valence-electron chi connectivity index (χ2n) is 6.75. The van der Waals surface area contributed by atoms with Crippen molar-refractivity contribution >= 4 is 0 Å². The molecule has 0 radical (unpaired) electrons. The predicted octanol–water partition coefficient (Wildman–Crippen LogP) is 4.83. The number of rotatable bonds is 4. The first-order valence-electron chi connectivity index (χ1n) is 8.84. The fraction of sp³-hybridized carbons (Fsp3) is 0.429. The molecule has 0 saturated carbocycles. The molecule has 3 rings (SSSR count). The minimum absolute atomic E-state index is 0.219. The van der Waals surface area contributed by atoms with Crippen molar-refractivity contribution in [2.24, 2.45) is 0 Å². The minimum atomic E-state index is 0.219. The van der Waals surface area contributed by atoms with Crippen LogP contribution >= 0.6 is 0 Å². The van der Waals surface area contributed by atoms with Crippen molar-refractivity contribution in [1.29, 1.82) is 0 Å². The molecule has 0 spiro atoms. The van der Waals surface area contributed by atoms with Crippen LogP contribution in [0.15, 0.2) is 42.5 Å². The maximum atomic E-state index is 10.0. The highest BCUT2D eigenvalue weighted by Gasteiger charge is 2.23. The van der Waals surface area contributed by atoms with Gasteiger partial charge >= 0.3 is 0 Å². The highest BCUT2D eigenvalue weighted by Crippen LogP contribution is 2.33. The molecule has 0 amide bonds. The minimum Gasteiger partial charge on any atom is -0.504 e. The summed E-state index contributed by atoms with van der Waals surface area (Å²) in [6.45, 7) is 4.09. The summed E-state index contributed by atoms with van der Waals surface area (Å²) in [5.41, 5.74) is 3.84. The zero-order valence-electron chi connectivity index (χ0n) is 14.7. The van der Waals surface area contributed by atoms with Crippen LogP contribution in [0.3, 0.4) is 0 Å². The standard InChI is InChI=1S/C21H27NO2/c1-16-7-10-18(11-8-16)19-6-4-3-5-13-22(19)15-17-9-12-21(24-2)20(23)14-17/h7-12,14,19,23H,3-6,13,15H2,1-2H3/t19-/m0/s1. The van der Waals surface area contributed by atoms with Crippen LogP contribution in [0.25, 0.3) is 0 Å². The lowest BCUT2D eigenvalue weighted by molar-refractivity contribution is 0.192. The second-order valence-corrected chi connectivity index (χ2v) is 6.75. The summed E-state index contributed by atoms with van der Waals surface area (Å²) in [4.78, 5) is 2.55. The van der Waals surface area contributed by atoms with Gasteiger partial charge in [0.2, 0.25) is 0 Å². The summed E-state index contributed by atoms with van der Waals surface area (Å²) < 4.78 is 5.15. The van der Waals surface area contributed by atoms with Crippen LogP contribution in [0.5, 0.6) is 11.5 Å². The van der Waals surface area contributed by atoms with Gasteiger partial charge in [0, 0.05) is 12.6 Å². The molecule has 3 heteroatoms. The van der Waals surface area contributed by atoms with Crippen LogP contribution in [0.1, 0.15) is 48.4 Å². The quantitative estimate of drug-likeness (QED) is 0.874. The van der Waals surface area contributed by atoms with Gasteiger partial charge in [-0.25, -0.2) is 0 Å². The number of nitrogens with zero attached hydrogens (tertiary/aromatic N) is 1. The lowest BCUT2D eigenvalue weighted by Gasteiger charge is -2.30. The Morgan fingerprint density at radius 2 is 1.88 bits per heavy atom. The SMILES string of the molecule is COc1ccc(CN2CCCCC[C@H]2c2ccc(C)cc2)cc1O. The molecule has 1 N–H and O–H groups in total. The molecule has 3 nitrogen and oxygen atoms in total. The van der Waals surface area contributed by atoms with Crippen molar-refractivity contribution in [3.05, 3.63) is 59.2 Å². The van der Waals surface area contributed by atoms with E-state index in [9.17, 15) is 5.11 Å². The number of ether oxygens (including phenoxy) is 1. The summed E-state index contributed by atoms with van der Waals surface area (Å²) in [7, 11) is 1.58. The van der Waals surface area contributed by atoms with E-state index >= 15 is 0 Å². The third kappa shape index (κ3) is 3.90. The predicted molar refractivity (Wildman–Crippen MR) is 97.5 cm³/mol. The average molecular weight is 325 g/mol. The van der Waals surface area contributed by atoms with E-state index in [0.29, 0.717) is 11.8 Å². The summed E-state index contributed by atoms with van der Waals surface area (Å²) in [6.07, 6.45) is 5.02. The molecule has 1 atom stereocenters. The van der Waals surface area contributed by atoms with E-state index in [1.165, 1.54) is 36.8 Å². The molecule has 2 aromatic rings. The van der Waals surface area contributed by atoms with Gasteiger partial charge < -0.3 is 9.84 Å². The molecule has 0 aliphatic carbocycles. The molecule has 1 aliphatic rings. The van der Waals surface area contributed by atoms with E-state index in [4.69, 9.17) is 4.74 Å². The van der Waals surface area contributed by atoms with Crippen LogP contribution in [0.2, 0.25) is 0 Å². The molecule has 0 bridgehead atoms. The van der Waals surface area contributed by atoms with Crippen LogP contribution in [-0.2, 0) is 6.54 Å². The maximum Gasteiger partial charge on any atom is 0.160 e. The third-order valence-electron chi connectivity index (χ3n) is 4.95. The van der Waals surface area contributed by atoms with Crippen LogP contribution in [0.4, 0.5) is 0 Å². The molecule has 2 aromatic carbocycles. The van der Waals surface area contributed by atoms with Crippen molar-refractivity contribution in [2.45, 2.75) is 45.2 Å². The first-order chi connectivity index (χ1) is 11.7. The van der Waals surface area contributed by atoms with Gasteiger partial charge in [-0.15, -0.1) is 0 Å². The van der Waals surface area contributed by atoms with Crippen LogP contribution in [-0.4, -0.2) is 23.7 Å². The Bertz CT molecular complexity index is 666. The van der Waals surface area contributed by atoms with Crippen molar-refractivity contribution in [3.63, 3.8) is 0 Å². The van der Waals surface area contributed by atoms with E-state index < -0.39 is 0 Å². The van der Waals surface area contributed by atoms with Gasteiger partial charge in [-0.3, -0.25) is 4.90 Å². The maximum absolute atomic E-state index is 10.0. The van der Waals surface area contributed by atoms with Gasteiger partial charge in [0.15, 0.2) is 11.5 Å². The smallest absolute Gasteiger partial charge is 0.160 e. The molecular formula is C21H27NO2. The Morgan fingerprint density at radius 3 is 2.58 bits per heavy atom. The fourth-order valence-electron chi connectivity index (χ4n) is 3.59. The number of likely N-dealkylation sites (tertiary alicyclic amines) is 1. The number of phenols is 1. The van der Waals surface area contributed by atoms with Crippen LogP contribution < -0.4 is 4.74 Å². The molecule has 1 aliphatic heterocycles. The van der Waals surface area contributed by atoms with Gasteiger partial charge in [0.25, 0.3) is 0 Å². The number of methoxy groups -OCH3 is 1. The molecule has 1 heterocycles. The topological polar surface area (TPSA) is 32.7 Å². The Hall–Kier alpha value is -2.00. The van der Waals surface area contributed by atoms with Crippen molar-refractivity contribution in [1.82, 2.24) is 4.90 Å². The van der Waals surface area contributed by atoms with Gasteiger partial charge in [0.05, 0.1) is 7.11 Å². The zero-order valence-corrected chi connectivity index (χ0v) is 14.7. The molecule has 128 valence electrons. The van der Waals surface area contributed by atoms with Gasteiger partial charge in [-0.1, -0.05) is 48.7 Å². The highest BCUT2D eigenvalue weighted by molar-refractivity contribution is 5.41. The van der Waals surface area contributed by atoms with E-state index in [1.807, 2.05) is 12.1 Å². The molecule has 1 fully saturated rings. The number of aryl methyl sites for hydroxylation is 1. The monoisotopic (exact) mass is 325 g/mol. The summed E-state index contributed by atoms with van der Waals surface area (Å²) in [5, 5.41) is 10.0. The van der Waals surface area contributed by atoms with Gasteiger partial charge in [0.1, 0.15) is 0 Å². The number of hydrogen-bond acceptors (Lipinski definition) is 3. The van der Waals surface area contributed by atoms with Gasteiger partial charge in [-0.2, -0.15) is 0 Å². The van der Waals surface area contributed by atoms with Crippen molar-refractivity contribution in [3.8, 4) is 11.5 Å². The number of aromatic hydroxyl groups is 1. The molecule has 0 unspecified atom stereocenters. The van der Waals surface area contributed by atoms with E-state index in [2.05, 4.69) is 42.2 Å². The number of phenolic OH excluding ortho intramolecular Hbond substituents is 1. The lowest BCUT2D eigenvalue weighted by Crippen LogP contribution is -2.28. The fourth-order valence-corrected chi connectivity index (χ4v) is 3.59. The Balaban J connectivity index is 1.82. The van der Waals surface area contributed by atoms with Crippen molar-refractivity contribution in [2.75, 3.05) is 13.7 Å². The highest BCUT2D eigenvalue weighted by atomic mass is 16.5. The number of hydrogen-bond donors (Lipinski definition) is 1. The average Bonchev–Trinajstić information content (AvgIpc) is 2.81. The number of benzene rings is 2. The van der Waals surface area contributed by atoms with E-state index in [1.54, 1.807) is 7.11 Å². The Labute approximate surface area is 144 Å². The van der Waals surface area contributed by atoms with E-state index in [-0.39, 0.29) is 5.75 Å². The zero-order chi connectivity index (χ0) is 16.9. The van der Waals surface area contributed by atoms with E-state index in [0.717, 1.165) is 18.7 Å². The molecule has 0 aromatic heterocycles. The van der Waals surface area contributed by atoms with Gasteiger partial charge in [-0.05, 0) is 49.6 Å². The largest absolute Gasteiger partial charge is 0.504 e. The lowest BCUT2D eigenvalue weighted by atomic mass is 9.99. The first-order valence-corrected chi connectivity index (χ1v) is 8.84. The summed E-state index contributed by atoms with van der Waals surface area (Å²) in [6, 6.07) is 15.1. The normalized spacial score (nSPS) is 19.0. The van der Waals surface area contributed by atoms with Crippen molar-refractivity contribution < 1.29 is 9.84 Å². The third-order valence-corrected chi connectivity index (χ3v) is 4.95. The first kappa shape index (κ1) is 16.8. The Morgan fingerprint density at radius 1 is 1.08 bits per heavy atom. The molecular weight excluding hydrogens is 298 g/mol. The summed E-state index contributed by atoms with van der Waals surface area (Å²) in [5.74, 6) is 0.751. The summed E-state index contributed by atoms with van der Waals surface area (Å²) >= 11 is 0. The molecule has 24 heavy (non-hydrogen) atoms. The second kappa shape index (κ2) is 7.71. The molecule has 1 saturated heterocycles. The van der Waals surface area contributed by atoms with Crippen LogP contribution in [0, 0.1) is 6.92 Å².